The summed E-state index contributed by atoms with van der Waals surface area (Å²) in [5, 5.41) is 1.21. The number of nitrogens with zero attached hydrogens (tertiary/aromatic N) is 3. The van der Waals surface area contributed by atoms with Crippen LogP contribution in [0.1, 0.15) is 47.3 Å². The summed E-state index contributed by atoms with van der Waals surface area (Å²) in [4.78, 5) is 37.5. The molecule has 0 aliphatic carbocycles. The van der Waals surface area contributed by atoms with E-state index in [2.05, 4.69) is 45.3 Å². The van der Waals surface area contributed by atoms with E-state index in [1.165, 1.54) is 17.2 Å². The number of aromatic nitrogens is 2. The molecule has 9 heteroatoms. The maximum absolute atomic E-state index is 13.3. The molecule has 3 heterocycles. The fourth-order valence-corrected chi connectivity index (χ4v) is 5.87. The van der Waals surface area contributed by atoms with Crippen LogP contribution < -0.4 is 4.74 Å². The van der Waals surface area contributed by atoms with E-state index >= 15 is 0 Å². The first-order valence-corrected chi connectivity index (χ1v) is 15.5. The van der Waals surface area contributed by atoms with Gasteiger partial charge in [-0.05, 0) is 67.6 Å². The number of aromatic amines is 1. The van der Waals surface area contributed by atoms with Crippen LogP contribution in [0.4, 0.5) is 0 Å². The van der Waals surface area contributed by atoms with E-state index in [0.717, 1.165) is 48.4 Å². The van der Waals surface area contributed by atoms with Crippen LogP contribution in [-0.2, 0) is 29.0 Å². The number of amides is 1. The van der Waals surface area contributed by atoms with Gasteiger partial charge in [-0.1, -0.05) is 48.5 Å². The molecule has 1 saturated heterocycles. The van der Waals surface area contributed by atoms with Crippen LogP contribution in [0.5, 0.6) is 11.5 Å². The molecule has 45 heavy (non-hydrogen) atoms. The molecule has 1 fully saturated rings. The smallest absolute Gasteiger partial charge is 0.310 e. The normalized spacial score (nSPS) is 15.0. The Balaban J connectivity index is 1.17. The topological polar surface area (TPSA) is 101 Å². The van der Waals surface area contributed by atoms with Gasteiger partial charge >= 0.3 is 5.97 Å². The minimum Gasteiger partial charge on any atom is -0.466 e. The summed E-state index contributed by atoms with van der Waals surface area (Å²) in [6, 6.07) is 26.1. The molecule has 1 N–H and O–H groups in total. The van der Waals surface area contributed by atoms with E-state index in [4.69, 9.17) is 13.9 Å². The fourth-order valence-electron chi connectivity index (χ4n) is 5.87. The summed E-state index contributed by atoms with van der Waals surface area (Å²) in [6.07, 6.45) is 5.78. The Bertz CT molecular complexity index is 1730. The van der Waals surface area contributed by atoms with Crippen LogP contribution in [0.25, 0.3) is 10.9 Å². The molecule has 1 aliphatic heterocycles. The number of H-pyrrole nitrogens is 1. The first-order valence-electron chi connectivity index (χ1n) is 15.5. The summed E-state index contributed by atoms with van der Waals surface area (Å²) in [6.45, 7) is 4.83. The molecule has 0 saturated carbocycles. The van der Waals surface area contributed by atoms with Crippen molar-refractivity contribution in [3.8, 4) is 11.5 Å². The predicted octanol–water partition coefficient (Wildman–Crippen LogP) is 6.61. The van der Waals surface area contributed by atoms with E-state index in [1.54, 1.807) is 11.8 Å². The highest BCUT2D eigenvalue weighted by molar-refractivity contribution is 5.92. The summed E-state index contributed by atoms with van der Waals surface area (Å²) in [7, 11) is 0. The number of rotatable bonds is 12. The van der Waals surface area contributed by atoms with Gasteiger partial charge in [-0.25, -0.2) is 4.98 Å². The van der Waals surface area contributed by atoms with Crippen LogP contribution in [0.2, 0.25) is 0 Å². The lowest BCUT2D eigenvalue weighted by molar-refractivity contribution is -0.149. The van der Waals surface area contributed by atoms with Crippen molar-refractivity contribution in [2.45, 2.75) is 39.3 Å². The third kappa shape index (κ3) is 7.61. The SMILES string of the molecule is CCOC(=O)[C@H]1CCCN(C(=O)c2coc(CN(CCc3c[nH]c4ccccc34)Cc3cccc(Oc4ccccc4)c3)n2)C1. The number of para-hydroxylation sites is 2. The molecule has 1 amide bonds. The van der Waals surface area contributed by atoms with Crippen molar-refractivity contribution in [1.29, 1.82) is 0 Å². The van der Waals surface area contributed by atoms with Gasteiger partial charge in [-0.15, -0.1) is 0 Å². The Morgan fingerprint density at radius 3 is 2.71 bits per heavy atom. The second kappa shape index (κ2) is 14.3. The van der Waals surface area contributed by atoms with E-state index in [1.807, 2.05) is 54.6 Å². The molecule has 5 aromatic rings. The second-order valence-electron chi connectivity index (χ2n) is 11.4. The predicted molar refractivity (Wildman–Crippen MR) is 171 cm³/mol. The number of ether oxygens (including phenoxy) is 2. The van der Waals surface area contributed by atoms with Crippen molar-refractivity contribution in [3.05, 3.63) is 114 Å². The van der Waals surface area contributed by atoms with Gasteiger partial charge in [0.05, 0.1) is 19.1 Å². The molecule has 0 bridgehead atoms. The number of fused-ring (bicyclic) bond motifs is 1. The molecule has 1 aliphatic rings. The molecular formula is C36H38N4O5. The average molecular weight is 607 g/mol. The lowest BCUT2D eigenvalue weighted by Gasteiger charge is -2.30. The molecule has 2 aromatic heterocycles. The number of carbonyl (C=O) groups excluding carboxylic acids is 2. The largest absolute Gasteiger partial charge is 0.466 e. The Kier molecular flexibility index (Phi) is 9.56. The number of likely N-dealkylation sites (tertiary alicyclic amines) is 1. The molecule has 0 unspecified atom stereocenters. The average Bonchev–Trinajstić information content (AvgIpc) is 3.71. The van der Waals surface area contributed by atoms with Crippen LogP contribution in [0.15, 0.2) is 95.7 Å². The number of hydrogen-bond donors (Lipinski definition) is 1. The number of benzene rings is 3. The highest BCUT2D eigenvalue weighted by Crippen LogP contribution is 2.25. The quantitative estimate of drug-likeness (QED) is 0.160. The minimum absolute atomic E-state index is 0.227. The highest BCUT2D eigenvalue weighted by atomic mass is 16.5. The lowest BCUT2D eigenvalue weighted by Crippen LogP contribution is -2.43. The molecule has 232 valence electrons. The van der Waals surface area contributed by atoms with Gasteiger partial charge in [0.15, 0.2) is 5.69 Å². The monoisotopic (exact) mass is 606 g/mol. The second-order valence-corrected chi connectivity index (χ2v) is 11.4. The summed E-state index contributed by atoms with van der Waals surface area (Å²) < 4.78 is 17.1. The molecule has 0 radical (unpaired) electrons. The summed E-state index contributed by atoms with van der Waals surface area (Å²) in [5.74, 6) is 1.23. The summed E-state index contributed by atoms with van der Waals surface area (Å²) >= 11 is 0. The van der Waals surface area contributed by atoms with Gasteiger partial charge in [-0.2, -0.15) is 0 Å². The molecule has 0 spiro atoms. The molecular weight excluding hydrogens is 568 g/mol. The van der Waals surface area contributed by atoms with Crippen molar-refractivity contribution in [3.63, 3.8) is 0 Å². The Hall–Kier alpha value is -4.89. The van der Waals surface area contributed by atoms with Gasteiger partial charge in [-0.3, -0.25) is 14.5 Å². The van der Waals surface area contributed by atoms with Crippen molar-refractivity contribution >= 4 is 22.8 Å². The van der Waals surface area contributed by atoms with Gasteiger partial charge in [0.25, 0.3) is 5.91 Å². The van der Waals surface area contributed by atoms with Crippen LogP contribution >= 0.6 is 0 Å². The Morgan fingerprint density at radius 2 is 1.84 bits per heavy atom. The third-order valence-corrected chi connectivity index (χ3v) is 8.11. The Labute approximate surface area is 262 Å². The van der Waals surface area contributed by atoms with Crippen molar-refractivity contribution < 1.29 is 23.5 Å². The third-order valence-electron chi connectivity index (χ3n) is 8.11. The molecule has 9 nitrogen and oxygen atoms in total. The van der Waals surface area contributed by atoms with Crippen LogP contribution in [0.3, 0.4) is 0 Å². The number of piperidine rings is 1. The molecule has 1 atom stereocenters. The van der Waals surface area contributed by atoms with Gasteiger partial charge in [0.2, 0.25) is 5.89 Å². The lowest BCUT2D eigenvalue weighted by atomic mass is 9.98. The number of hydrogen-bond acceptors (Lipinski definition) is 7. The van der Waals surface area contributed by atoms with E-state index in [0.29, 0.717) is 38.7 Å². The maximum atomic E-state index is 13.3. The van der Waals surface area contributed by atoms with E-state index < -0.39 is 0 Å². The van der Waals surface area contributed by atoms with Crippen LogP contribution in [0, 0.1) is 5.92 Å². The highest BCUT2D eigenvalue weighted by Gasteiger charge is 2.31. The van der Waals surface area contributed by atoms with E-state index in [9.17, 15) is 9.59 Å². The van der Waals surface area contributed by atoms with Gasteiger partial charge in [0.1, 0.15) is 17.8 Å². The van der Waals surface area contributed by atoms with Gasteiger partial charge < -0.3 is 23.8 Å². The van der Waals surface area contributed by atoms with E-state index in [-0.39, 0.29) is 23.5 Å². The Morgan fingerprint density at radius 1 is 1.02 bits per heavy atom. The number of oxazole rings is 1. The minimum atomic E-state index is -0.310. The number of carbonyl (C=O) groups is 2. The standard InChI is InChI=1S/C36H38N4O5/c1-2-43-36(42)28-11-9-18-40(23-28)35(41)33-25-44-34(38-33)24-39(19-17-27-21-37-32-16-7-6-15-31(27)32)22-26-10-8-14-30(20-26)45-29-12-4-3-5-13-29/h3-8,10,12-16,20-21,25,28,37H,2,9,11,17-19,22-24H2,1H3/t28-/m0/s1. The number of nitrogens with one attached hydrogen (secondary N) is 1. The zero-order chi connectivity index (χ0) is 31.0. The first-order chi connectivity index (χ1) is 22.1. The zero-order valence-corrected chi connectivity index (χ0v) is 25.5. The molecule has 3 aromatic carbocycles. The van der Waals surface area contributed by atoms with Crippen molar-refractivity contribution in [2.24, 2.45) is 5.92 Å². The van der Waals surface area contributed by atoms with Gasteiger partial charge in [0, 0.05) is 43.3 Å². The molecule has 6 rings (SSSR count). The number of esters is 1. The zero-order valence-electron chi connectivity index (χ0n) is 25.5. The van der Waals surface area contributed by atoms with Crippen molar-refractivity contribution in [1.82, 2.24) is 19.8 Å². The van der Waals surface area contributed by atoms with Crippen molar-refractivity contribution in [2.75, 3.05) is 26.2 Å². The van der Waals surface area contributed by atoms with Crippen LogP contribution in [-0.4, -0.2) is 57.9 Å². The first kappa shape index (κ1) is 30.1. The fraction of sp³-hybridized carbons (Fsp3) is 0.306. The summed E-state index contributed by atoms with van der Waals surface area (Å²) in [5.41, 5.74) is 3.69. The maximum Gasteiger partial charge on any atom is 0.310 e.